The Labute approximate surface area is 187 Å². The van der Waals surface area contributed by atoms with E-state index < -0.39 is 0 Å². The average molecular weight is 435 g/mol. The van der Waals surface area contributed by atoms with Crippen molar-refractivity contribution in [2.24, 2.45) is 0 Å². The molecule has 1 N–H and O–H groups in total. The maximum Gasteiger partial charge on any atom is 0.231 e. The third kappa shape index (κ3) is 3.24. The van der Waals surface area contributed by atoms with E-state index in [-0.39, 0.29) is 24.9 Å². The molecule has 4 heterocycles. The van der Waals surface area contributed by atoms with Crippen LogP contribution in [-0.2, 0) is 0 Å². The van der Waals surface area contributed by atoms with Crippen molar-refractivity contribution in [3.05, 3.63) is 71.3 Å². The molecule has 7 heteroatoms. The van der Waals surface area contributed by atoms with Crippen molar-refractivity contribution in [1.82, 2.24) is 19.8 Å². The number of hydrogen-bond donors (Lipinski definition) is 1. The molecule has 1 fully saturated rings. The van der Waals surface area contributed by atoms with Crippen LogP contribution in [-0.4, -0.2) is 32.4 Å². The van der Waals surface area contributed by atoms with Gasteiger partial charge in [-0.15, -0.1) is 0 Å². The largest absolute Gasteiger partial charge is 0.454 e. The summed E-state index contributed by atoms with van der Waals surface area (Å²) in [6.07, 6.45) is 1.84. The molecule has 0 aliphatic carbocycles. The molecule has 0 spiro atoms. The van der Waals surface area contributed by atoms with Crippen molar-refractivity contribution in [3.63, 3.8) is 0 Å². The first-order valence-corrected chi connectivity index (χ1v) is 10.9. The van der Waals surface area contributed by atoms with Gasteiger partial charge in [0.1, 0.15) is 0 Å². The van der Waals surface area contributed by atoms with E-state index in [2.05, 4.69) is 65.7 Å². The molecule has 5 rings (SSSR count). The van der Waals surface area contributed by atoms with Gasteiger partial charge in [0.15, 0.2) is 16.6 Å². The minimum atomic E-state index is -0.0122. The van der Waals surface area contributed by atoms with E-state index in [4.69, 9.17) is 21.7 Å². The molecular weight excluding hydrogens is 408 g/mol. The quantitative estimate of drug-likeness (QED) is 0.606. The smallest absolute Gasteiger partial charge is 0.231 e. The number of thiocarbonyl (C=S) groups is 1. The topological polar surface area (TPSA) is 51.6 Å². The summed E-state index contributed by atoms with van der Waals surface area (Å²) in [6.45, 7) is 8.94. The van der Waals surface area contributed by atoms with Crippen LogP contribution in [0.25, 0.3) is 5.69 Å². The summed E-state index contributed by atoms with van der Waals surface area (Å²) in [6, 6.07) is 14.7. The van der Waals surface area contributed by atoms with E-state index in [9.17, 15) is 0 Å². The van der Waals surface area contributed by atoms with Gasteiger partial charge in [-0.3, -0.25) is 4.98 Å². The van der Waals surface area contributed by atoms with Crippen molar-refractivity contribution in [1.29, 1.82) is 0 Å². The predicted octanol–water partition coefficient (Wildman–Crippen LogP) is 4.60. The molecule has 0 bridgehead atoms. The van der Waals surface area contributed by atoms with Gasteiger partial charge in [-0.25, -0.2) is 0 Å². The number of nitrogens with one attached hydrogen (secondary N) is 1. The van der Waals surface area contributed by atoms with Crippen molar-refractivity contribution in [2.75, 3.05) is 6.79 Å². The van der Waals surface area contributed by atoms with Crippen LogP contribution in [0.15, 0.2) is 48.7 Å². The Balaban J connectivity index is 1.62. The number of hydrogen-bond acceptors (Lipinski definition) is 4. The first-order valence-electron chi connectivity index (χ1n) is 10.5. The molecule has 160 valence electrons. The van der Waals surface area contributed by atoms with Crippen LogP contribution in [0.2, 0.25) is 0 Å². The van der Waals surface area contributed by atoms with Crippen LogP contribution in [0.5, 0.6) is 11.5 Å². The number of pyridine rings is 1. The summed E-state index contributed by atoms with van der Waals surface area (Å²) in [4.78, 5) is 6.93. The van der Waals surface area contributed by atoms with Crippen LogP contribution in [0.4, 0.5) is 0 Å². The minimum Gasteiger partial charge on any atom is -0.454 e. The van der Waals surface area contributed by atoms with Crippen LogP contribution in [0.1, 0.15) is 48.6 Å². The highest BCUT2D eigenvalue weighted by atomic mass is 32.1. The van der Waals surface area contributed by atoms with E-state index in [0.717, 1.165) is 33.7 Å². The van der Waals surface area contributed by atoms with E-state index in [1.54, 1.807) is 0 Å². The highest BCUT2D eigenvalue weighted by molar-refractivity contribution is 7.80. The normalized spacial score (nSPS) is 19.9. The van der Waals surface area contributed by atoms with Gasteiger partial charge in [-0.2, -0.15) is 0 Å². The second-order valence-corrected chi connectivity index (χ2v) is 8.71. The summed E-state index contributed by atoms with van der Waals surface area (Å²) in [7, 11) is 0. The lowest BCUT2D eigenvalue weighted by Gasteiger charge is -2.31. The Kier molecular flexibility index (Phi) is 4.85. The fourth-order valence-electron chi connectivity index (χ4n) is 4.76. The van der Waals surface area contributed by atoms with Gasteiger partial charge >= 0.3 is 0 Å². The Bertz CT molecular complexity index is 1140. The van der Waals surface area contributed by atoms with Gasteiger partial charge < -0.3 is 24.3 Å². The summed E-state index contributed by atoms with van der Waals surface area (Å²) < 4.78 is 13.4. The maximum absolute atomic E-state index is 5.75. The molecule has 6 nitrogen and oxygen atoms in total. The molecule has 2 unspecified atom stereocenters. The summed E-state index contributed by atoms with van der Waals surface area (Å²) >= 11 is 5.75. The monoisotopic (exact) mass is 434 g/mol. The van der Waals surface area contributed by atoms with Crippen molar-refractivity contribution < 1.29 is 9.47 Å². The molecule has 0 radical (unpaired) electrons. The second kappa shape index (κ2) is 7.57. The molecule has 2 aliphatic rings. The number of nitrogens with zero attached hydrogens (tertiary/aromatic N) is 3. The lowest BCUT2D eigenvalue weighted by atomic mass is 9.96. The zero-order valence-electron chi connectivity index (χ0n) is 18.1. The highest BCUT2D eigenvalue weighted by Crippen LogP contribution is 2.43. The number of ether oxygens (including phenoxy) is 2. The fraction of sp³-hybridized carbons (Fsp3) is 0.333. The molecule has 0 amide bonds. The number of aryl methyl sites for hydroxylation is 1. The standard InChI is InChI=1S/C24H26N4O2S/c1-14(2)27-23(22(26-24(27)31)19-7-5-6-10-25-19)18-11-15(3)28(16(18)4)17-8-9-20-21(12-17)30-13-29-20/h5-12,14,22-23H,13H2,1-4H3,(H,26,31). The van der Waals surface area contributed by atoms with E-state index in [1.165, 1.54) is 11.3 Å². The Morgan fingerprint density at radius 2 is 1.90 bits per heavy atom. The molecule has 2 atom stereocenters. The molecule has 0 saturated carbocycles. The van der Waals surface area contributed by atoms with E-state index >= 15 is 0 Å². The maximum atomic E-state index is 5.75. The van der Waals surface area contributed by atoms with Crippen LogP contribution < -0.4 is 14.8 Å². The van der Waals surface area contributed by atoms with Crippen molar-refractivity contribution >= 4 is 17.3 Å². The zero-order chi connectivity index (χ0) is 21.7. The van der Waals surface area contributed by atoms with Crippen molar-refractivity contribution in [2.45, 2.75) is 45.8 Å². The van der Waals surface area contributed by atoms with Crippen LogP contribution in [0, 0.1) is 13.8 Å². The Morgan fingerprint density at radius 1 is 1.10 bits per heavy atom. The fourth-order valence-corrected chi connectivity index (χ4v) is 5.21. The average Bonchev–Trinajstić information content (AvgIpc) is 3.43. The third-order valence-corrected chi connectivity index (χ3v) is 6.42. The number of fused-ring (bicyclic) bond motifs is 1. The van der Waals surface area contributed by atoms with Gasteiger partial charge in [0.25, 0.3) is 0 Å². The summed E-state index contributed by atoms with van der Waals surface area (Å²) in [5.41, 5.74) is 5.63. The minimum absolute atomic E-state index is 0.0122. The van der Waals surface area contributed by atoms with Gasteiger partial charge in [-0.05, 0) is 75.8 Å². The lowest BCUT2D eigenvalue weighted by molar-refractivity contribution is 0.174. The highest BCUT2D eigenvalue weighted by Gasteiger charge is 2.42. The first kappa shape index (κ1) is 19.9. The molecule has 1 aromatic carbocycles. The predicted molar refractivity (Wildman–Crippen MR) is 124 cm³/mol. The lowest BCUT2D eigenvalue weighted by Crippen LogP contribution is -2.35. The molecule has 31 heavy (non-hydrogen) atoms. The Morgan fingerprint density at radius 3 is 2.65 bits per heavy atom. The summed E-state index contributed by atoms with van der Waals surface area (Å²) in [5.74, 6) is 1.57. The summed E-state index contributed by atoms with van der Waals surface area (Å²) in [5, 5.41) is 4.30. The number of benzene rings is 1. The molecule has 3 aromatic rings. The van der Waals surface area contributed by atoms with Gasteiger partial charge in [-0.1, -0.05) is 6.07 Å². The van der Waals surface area contributed by atoms with E-state index in [1.807, 2.05) is 30.5 Å². The van der Waals surface area contributed by atoms with Crippen LogP contribution in [0.3, 0.4) is 0 Å². The van der Waals surface area contributed by atoms with Gasteiger partial charge in [0.2, 0.25) is 6.79 Å². The number of aromatic nitrogens is 2. The van der Waals surface area contributed by atoms with Gasteiger partial charge in [0.05, 0.1) is 17.8 Å². The van der Waals surface area contributed by atoms with Crippen LogP contribution >= 0.6 is 12.2 Å². The van der Waals surface area contributed by atoms with Crippen molar-refractivity contribution in [3.8, 4) is 17.2 Å². The SMILES string of the molecule is Cc1cc(C2C(c3ccccn3)NC(=S)N2C(C)C)c(C)n1-c1ccc2c(c1)OCO2. The second-order valence-electron chi connectivity index (χ2n) is 8.33. The zero-order valence-corrected chi connectivity index (χ0v) is 18.9. The Hall–Kier alpha value is -3.06. The molecule has 2 aliphatic heterocycles. The molecule has 2 aromatic heterocycles. The molecule has 1 saturated heterocycles. The number of rotatable bonds is 4. The first-order chi connectivity index (χ1) is 15.0. The third-order valence-electron chi connectivity index (χ3n) is 6.09. The molecular formula is C24H26N4O2S. The van der Waals surface area contributed by atoms with Gasteiger partial charge in [0, 0.05) is 35.4 Å². The van der Waals surface area contributed by atoms with E-state index in [0.29, 0.717) is 0 Å².